The molecule has 4 N–H and O–H groups in total. The molecule has 28 nitrogen and oxygen atoms in total. The topological polar surface area (TPSA) is 397 Å². The summed E-state index contributed by atoms with van der Waals surface area (Å²) in [6.45, 7) is 34.4. The van der Waals surface area contributed by atoms with Crippen LogP contribution in [0.25, 0.3) is 0 Å². The number of aliphatic carboxylic acids is 4. The number of carbonyl (C=O) groups is 12. The van der Waals surface area contributed by atoms with Crippen LogP contribution in [0.3, 0.4) is 0 Å². The van der Waals surface area contributed by atoms with Crippen LogP contribution in [0.15, 0.2) is 196 Å². The second kappa shape index (κ2) is 51.3. The van der Waals surface area contributed by atoms with E-state index in [4.69, 9.17) is 77.3 Å². The lowest BCUT2D eigenvalue weighted by Gasteiger charge is -2.27. The number of hydrogen-bond donors (Lipinski definition) is 4. The van der Waals surface area contributed by atoms with E-state index in [1.165, 1.54) is 62.6 Å². The molecule has 28 heteroatoms. The molecule has 125 heavy (non-hydrogen) atoms. The summed E-state index contributed by atoms with van der Waals surface area (Å²) < 4.78 is 64.1. The lowest BCUT2D eigenvalue weighted by Crippen LogP contribution is -2.31. The summed E-state index contributed by atoms with van der Waals surface area (Å²) >= 11 is 0. The predicted octanol–water partition coefficient (Wildman–Crippen LogP) is 14.7. The van der Waals surface area contributed by atoms with E-state index >= 15 is 0 Å². The molecule has 4 unspecified atom stereocenters. The molecule has 0 aliphatic carbocycles. The third-order valence-electron chi connectivity index (χ3n) is 19.8. The average Bonchev–Trinajstić information content (AvgIpc) is 0.840. The predicted molar refractivity (Wildman–Crippen MR) is 462 cm³/mol. The highest BCUT2D eigenvalue weighted by molar-refractivity contribution is 5.87. The van der Waals surface area contributed by atoms with Crippen molar-refractivity contribution in [2.75, 3.05) is 52.9 Å². The first-order chi connectivity index (χ1) is 59.2. The van der Waals surface area contributed by atoms with Crippen LogP contribution >= 0.6 is 0 Å². The Bertz CT molecular complexity index is 4770. The Kier molecular flexibility index (Phi) is 41.8. The first-order valence-corrected chi connectivity index (χ1v) is 40.2. The van der Waals surface area contributed by atoms with E-state index < -0.39 is 133 Å². The summed E-state index contributed by atoms with van der Waals surface area (Å²) in [7, 11) is 0. The van der Waals surface area contributed by atoms with Crippen LogP contribution in [-0.4, -0.2) is 169 Å². The quantitative estimate of drug-likeness (QED) is 0.0156. The molecule has 0 saturated carbocycles. The summed E-state index contributed by atoms with van der Waals surface area (Å²) in [5.41, 5.74) is 17.0. The van der Waals surface area contributed by atoms with Gasteiger partial charge in [0.25, 0.3) is 0 Å². The molecule has 0 spiro atoms. The largest absolute Gasteiger partial charge is 0.490 e. The first kappa shape index (κ1) is 102. The minimum atomic E-state index is -1.15. The minimum absolute atomic E-state index is 0.160. The molecule has 4 atom stereocenters. The maximum Gasteiger partial charge on any atom is 0.333 e. The van der Waals surface area contributed by atoms with E-state index in [2.05, 4.69) is 116 Å². The third kappa shape index (κ3) is 36.9. The molecule has 0 saturated heterocycles. The number of esters is 8. The molecule has 0 amide bonds. The Balaban J connectivity index is 0.000000348. The lowest BCUT2D eigenvalue weighted by atomic mass is 9.78. The van der Waals surface area contributed by atoms with Gasteiger partial charge in [-0.15, -0.1) is 0 Å². The molecular formula is C97H112O28. The molecule has 0 heterocycles. The Labute approximate surface area is 728 Å². The standard InChI is InChI=1S/C36H42O14.C35H40O14.C26H30/c1-6-32(41)47-21-28(49-33(42)17-15-30(37)38)19-45-26-11-7-24(8-12-26)36(4,5)25-9-13-27(14-10-25)46-20-29(22-48-35(44)23(2)3)50-34(43)18-16-31(39)40;1-5-31(40)46-21-27(48-33(42)17-15-29(36)37)19-44-25-11-7-23(8-12-25)35(3,4)24-9-13-26(14-10-24)45-20-28(22-47-32(41)6-2)49-34(43)18-16-30(38)39;1-17-10-11-23(12-19(17)3)14-26-16-24(13-20(4)22(26)6)15-25-9-7-8-18(2)21(25)5/h6-14,28-29H,1-2,15-22H2,3-5H3,(H,37,38)(H,39,40);5-14,27-28H,1-2,15-22H2,3-4H3,(H,36,37)(H,38,39);7-13,16H,14-15H2,1-6H3. The van der Waals surface area contributed by atoms with Gasteiger partial charge in [-0.1, -0.05) is 151 Å². The van der Waals surface area contributed by atoms with E-state index in [0.717, 1.165) is 53.3 Å². The molecule has 668 valence electrons. The van der Waals surface area contributed by atoms with Crippen LogP contribution in [0, 0.1) is 41.5 Å². The van der Waals surface area contributed by atoms with Crippen molar-refractivity contribution in [3.8, 4) is 23.0 Å². The molecule has 0 aliphatic heterocycles. The number of hydrogen-bond acceptors (Lipinski definition) is 24. The number of rotatable bonds is 48. The molecule has 0 bridgehead atoms. The highest BCUT2D eigenvalue weighted by Crippen LogP contribution is 2.36. The van der Waals surface area contributed by atoms with Crippen molar-refractivity contribution >= 4 is 71.6 Å². The van der Waals surface area contributed by atoms with Gasteiger partial charge < -0.3 is 77.3 Å². The summed E-state index contributed by atoms with van der Waals surface area (Å²) in [5, 5.41) is 35.2. The zero-order valence-corrected chi connectivity index (χ0v) is 72.5. The number of ether oxygens (including phenoxy) is 12. The van der Waals surface area contributed by atoms with Crippen LogP contribution in [0.5, 0.6) is 23.0 Å². The first-order valence-electron chi connectivity index (χ1n) is 40.2. The summed E-state index contributed by atoms with van der Waals surface area (Å²) in [5.74, 6) is -8.74. The van der Waals surface area contributed by atoms with Crippen molar-refractivity contribution in [2.24, 2.45) is 0 Å². The van der Waals surface area contributed by atoms with E-state index in [-0.39, 0.29) is 84.1 Å². The maximum absolute atomic E-state index is 12.1. The molecule has 0 radical (unpaired) electrons. The molecular weight excluding hydrogens is 1610 g/mol. The number of carboxylic acids is 4. The van der Waals surface area contributed by atoms with Crippen LogP contribution in [0.1, 0.15) is 164 Å². The highest BCUT2D eigenvalue weighted by atomic mass is 16.6. The van der Waals surface area contributed by atoms with Gasteiger partial charge >= 0.3 is 71.6 Å². The summed E-state index contributed by atoms with van der Waals surface area (Å²) in [6, 6.07) is 47.0. The fourth-order valence-corrected chi connectivity index (χ4v) is 11.9. The summed E-state index contributed by atoms with van der Waals surface area (Å²) in [4.78, 5) is 138. The van der Waals surface area contributed by atoms with Crippen molar-refractivity contribution in [3.63, 3.8) is 0 Å². The fourth-order valence-electron chi connectivity index (χ4n) is 11.9. The van der Waals surface area contributed by atoms with Crippen molar-refractivity contribution < 1.29 is 135 Å². The van der Waals surface area contributed by atoms with Gasteiger partial charge in [-0.05, 0) is 188 Å². The van der Waals surface area contributed by atoms with Gasteiger partial charge in [-0.2, -0.15) is 0 Å². The van der Waals surface area contributed by atoms with Crippen molar-refractivity contribution in [1.29, 1.82) is 0 Å². The van der Waals surface area contributed by atoms with Gasteiger partial charge in [0, 0.05) is 34.6 Å². The van der Waals surface area contributed by atoms with Crippen LogP contribution < -0.4 is 18.9 Å². The van der Waals surface area contributed by atoms with Gasteiger partial charge in [0.1, 0.15) is 75.9 Å². The molecule has 0 aromatic heterocycles. The number of carbonyl (C=O) groups excluding carboxylic acids is 8. The van der Waals surface area contributed by atoms with Gasteiger partial charge in [-0.25, -0.2) is 19.2 Å². The monoisotopic (exact) mass is 1720 g/mol. The van der Waals surface area contributed by atoms with E-state index in [0.29, 0.717) is 23.0 Å². The normalized spacial score (nSPS) is 11.8. The van der Waals surface area contributed by atoms with E-state index in [1.807, 2.05) is 76.2 Å². The Hall–Kier alpha value is -13.7. The van der Waals surface area contributed by atoms with Gasteiger partial charge in [0.15, 0.2) is 24.4 Å². The molecule has 7 aromatic carbocycles. The second-order valence-corrected chi connectivity index (χ2v) is 30.3. The third-order valence-corrected chi connectivity index (χ3v) is 19.8. The maximum atomic E-state index is 12.1. The average molecular weight is 1730 g/mol. The highest BCUT2D eigenvalue weighted by Gasteiger charge is 2.29. The van der Waals surface area contributed by atoms with Crippen molar-refractivity contribution in [2.45, 2.75) is 176 Å². The van der Waals surface area contributed by atoms with Crippen LogP contribution in [0.2, 0.25) is 0 Å². The van der Waals surface area contributed by atoms with Crippen molar-refractivity contribution in [3.05, 3.63) is 274 Å². The van der Waals surface area contributed by atoms with Crippen LogP contribution in [-0.2, 0) is 119 Å². The zero-order chi connectivity index (χ0) is 92.5. The second-order valence-electron chi connectivity index (χ2n) is 30.3. The minimum Gasteiger partial charge on any atom is -0.490 e. The number of carboxylic acid groups (broad SMARTS) is 4. The van der Waals surface area contributed by atoms with E-state index in [1.54, 1.807) is 48.5 Å². The Morgan fingerprint density at radius 1 is 0.336 bits per heavy atom. The fraction of sp³-hybridized carbons (Fsp3) is 0.361. The SMILES string of the molecule is C=CC(=O)OCC(COc1ccc(C(C)(C)c2ccc(OCC(COC(=O)C(=C)C)OC(=O)CCC(=O)O)cc2)cc1)OC(=O)CCC(=O)O.C=CC(=O)OCC(COc1ccc(C(C)(C)c2ccc(OCC(COC(=O)C=C)OC(=O)CCC(=O)O)cc2)cc1)OC(=O)CCC(=O)O.Cc1ccc(Cc2cc(Cc3cccc(C)c3C)cc(C)c2C)cc1C. The molecule has 0 fully saturated rings. The van der Waals surface area contributed by atoms with Gasteiger partial charge in [0.05, 0.1) is 51.4 Å². The molecule has 0 aliphatic rings. The smallest absolute Gasteiger partial charge is 0.333 e. The number of aryl methyl sites for hydroxylation is 4. The van der Waals surface area contributed by atoms with Crippen LogP contribution in [0.4, 0.5) is 0 Å². The number of benzene rings is 7. The van der Waals surface area contributed by atoms with Gasteiger partial charge in [-0.3, -0.25) is 38.4 Å². The van der Waals surface area contributed by atoms with Gasteiger partial charge in [0.2, 0.25) is 0 Å². The Morgan fingerprint density at radius 2 is 0.632 bits per heavy atom. The Morgan fingerprint density at radius 3 is 0.928 bits per heavy atom. The lowest BCUT2D eigenvalue weighted by molar-refractivity contribution is -0.160. The van der Waals surface area contributed by atoms with E-state index in [9.17, 15) is 57.5 Å². The molecule has 7 rings (SSSR count). The van der Waals surface area contributed by atoms with Crippen molar-refractivity contribution in [1.82, 2.24) is 0 Å². The zero-order valence-electron chi connectivity index (χ0n) is 72.5. The summed E-state index contributed by atoms with van der Waals surface area (Å²) in [6.07, 6.45) is -2.07. The molecule has 7 aromatic rings.